The smallest absolute Gasteiger partial charge is 0.323 e. The van der Waals surface area contributed by atoms with Crippen LogP contribution in [0.25, 0.3) is 0 Å². The molecule has 0 aromatic heterocycles. The van der Waals surface area contributed by atoms with Gasteiger partial charge in [0.15, 0.2) is 17.2 Å². The molecule has 0 saturated heterocycles. The highest BCUT2D eigenvalue weighted by Gasteiger charge is 2.10. The lowest BCUT2D eigenvalue weighted by atomic mass is 10.2. The number of phenols is 3. The van der Waals surface area contributed by atoms with Crippen LogP contribution in [0.5, 0.6) is 17.2 Å². The number of urea groups is 1. The highest BCUT2D eigenvalue weighted by atomic mass is 32.2. The van der Waals surface area contributed by atoms with Gasteiger partial charge in [0, 0.05) is 22.7 Å². The standard InChI is InChI=1S/C14H14N2O4S/c1-21-10-4-2-3-8(5-10)15-14(20)16-9-6-11(17)13(19)12(18)7-9/h2-7,17-19H,1H3,(H2,15,16,20). The van der Waals surface area contributed by atoms with E-state index in [2.05, 4.69) is 10.6 Å². The van der Waals surface area contributed by atoms with Crippen molar-refractivity contribution in [1.82, 2.24) is 0 Å². The number of benzene rings is 2. The van der Waals surface area contributed by atoms with Gasteiger partial charge < -0.3 is 26.0 Å². The van der Waals surface area contributed by atoms with Crippen LogP contribution < -0.4 is 10.6 Å². The first-order valence-electron chi connectivity index (χ1n) is 5.96. The number of rotatable bonds is 3. The highest BCUT2D eigenvalue weighted by Crippen LogP contribution is 2.37. The van der Waals surface area contributed by atoms with Gasteiger partial charge in [-0.1, -0.05) is 6.07 Å². The highest BCUT2D eigenvalue weighted by molar-refractivity contribution is 7.98. The van der Waals surface area contributed by atoms with Gasteiger partial charge in [0.25, 0.3) is 0 Å². The molecular weight excluding hydrogens is 292 g/mol. The van der Waals surface area contributed by atoms with Crippen molar-refractivity contribution in [2.24, 2.45) is 0 Å². The molecule has 2 amide bonds. The molecule has 0 aliphatic rings. The number of nitrogens with one attached hydrogen (secondary N) is 2. The largest absolute Gasteiger partial charge is 0.504 e. The van der Waals surface area contributed by atoms with Crippen molar-refractivity contribution >= 4 is 29.2 Å². The zero-order valence-electron chi connectivity index (χ0n) is 11.1. The lowest BCUT2D eigenvalue weighted by Gasteiger charge is -2.10. The van der Waals surface area contributed by atoms with Gasteiger partial charge in [-0.25, -0.2) is 4.79 Å². The summed E-state index contributed by atoms with van der Waals surface area (Å²) in [4.78, 5) is 12.8. The average molecular weight is 306 g/mol. The molecule has 2 aromatic rings. The molecule has 2 rings (SSSR count). The van der Waals surface area contributed by atoms with Crippen LogP contribution in [0.4, 0.5) is 16.2 Å². The summed E-state index contributed by atoms with van der Waals surface area (Å²) in [6, 6.07) is 9.03. The van der Waals surface area contributed by atoms with Gasteiger partial charge in [0.1, 0.15) is 0 Å². The lowest BCUT2D eigenvalue weighted by molar-refractivity contribution is 0.262. The molecule has 0 unspecified atom stereocenters. The first-order valence-corrected chi connectivity index (χ1v) is 7.19. The number of aromatic hydroxyl groups is 3. The van der Waals surface area contributed by atoms with Crippen LogP contribution in [-0.4, -0.2) is 27.6 Å². The van der Waals surface area contributed by atoms with E-state index in [-0.39, 0.29) is 5.69 Å². The van der Waals surface area contributed by atoms with Gasteiger partial charge >= 0.3 is 6.03 Å². The summed E-state index contributed by atoms with van der Waals surface area (Å²) in [7, 11) is 0. The SMILES string of the molecule is CSc1cccc(NC(=O)Nc2cc(O)c(O)c(O)c2)c1. The lowest BCUT2D eigenvalue weighted by Crippen LogP contribution is -2.19. The van der Waals surface area contributed by atoms with Gasteiger partial charge in [-0.15, -0.1) is 11.8 Å². The van der Waals surface area contributed by atoms with Crippen LogP contribution in [0, 0.1) is 0 Å². The van der Waals surface area contributed by atoms with Crippen molar-refractivity contribution in [2.75, 3.05) is 16.9 Å². The number of anilines is 2. The van der Waals surface area contributed by atoms with E-state index in [4.69, 9.17) is 0 Å². The number of hydrogen-bond donors (Lipinski definition) is 5. The molecule has 0 radical (unpaired) electrons. The summed E-state index contributed by atoms with van der Waals surface area (Å²) >= 11 is 1.55. The molecule has 5 N–H and O–H groups in total. The molecular formula is C14H14N2O4S. The van der Waals surface area contributed by atoms with E-state index >= 15 is 0 Å². The number of carbonyl (C=O) groups is 1. The second-order valence-corrected chi connectivity index (χ2v) is 5.05. The molecule has 0 saturated carbocycles. The molecule has 0 fully saturated rings. The van der Waals surface area contributed by atoms with Crippen molar-refractivity contribution < 1.29 is 20.1 Å². The van der Waals surface area contributed by atoms with Gasteiger partial charge in [0.05, 0.1) is 5.69 Å². The number of hydrogen-bond acceptors (Lipinski definition) is 5. The van der Waals surface area contributed by atoms with E-state index in [1.807, 2.05) is 24.5 Å². The predicted molar refractivity (Wildman–Crippen MR) is 82.3 cm³/mol. The fraction of sp³-hybridized carbons (Fsp3) is 0.0714. The van der Waals surface area contributed by atoms with E-state index in [9.17, 15) is 20.1 Å². The summed E-state index contributed by atoms with van der Waals surface area (Å²) in [5.74, 6) is -1.67. The maximum atomic E-state index is 11.8. The molecule has 0 atom stereocenters. The number of carbonyl (C=O) groups excluding carboxylic acids is 1. The molecule has 0 heterocycles. The Labute approximate surface area is 125 Å². The van der Waals surface area contributed by atoms with Crippen LogP contribution in [0.15, 0.2) is 41.3 Å². The van der Waals surface area contributed by atoms with Crippen LogP contribution in [0.1, 0.15) is 0 Å². The molecule has 0 aliphatic heterocycles. The second-order valence-electron chi connectivity index (χ2n) is 4.17. The van der Waals surface area contributed by atoms with Gasteiger partial charge in [-0.2, -0.15) is 0 Å². The van der Waals surface area contributed by atoms with E-state index in [0.29, 0.717) is 5.69 Å². The first-order chi connectivity index (χ1) is 9.99. The Kier molecular flexibility index (Phi) is 4.44. The van der Waals surface area contributed by atoms with E-state index in [0.717, 1.165) is 17.0 Å². The molecule has 7 heteroatoms. The van der Waals surface area contributed by atoms with Crippen molar-refractivity contribution in [2.45, 2.75) is 4.90 Å². The zero-order valence-corrected chi connectivity index (χ0v) is 11.9. The van der Waals surface area contributed by atoms with Crippen LogP contribution in [0.3, 0.4) is 0 Å². The first kappa shape index (κ1) is 14.9. The fourth-order valence-corrected chi connectivity index (χ4v) is 2.13. The Morgan fingerprint density at radius 2 is 1.62 bits per heavy atom. The molecule has 6 nitrogen and oxygen atoms in total. The third-order valence-corrected chi connectivity index (χ3v) is 3.38. The Morgan fingerprint density at radius 1 is 1.00 bits per heavy atom. The summed E-state index contributed by atoms with van der Waals surface area (Å²) in [6.07, 6.45) is 1.93. The summed E-state index contributed by atoms with van der Waals surface area (Å²) in [5, 5.41) is 33.0. The molecule has 21 heavy (non-hydrogen) atoms. The molecule has 0 bridgehead atoms. The van der Waals surface area contributed by atoms with Gasteiger partial charge in [-0.05, 0) is 24.5 Å². The van der Waals surface area contributed by atoms with E-state index < -0.39 is 23.3 Å². The third-order valence-electron chi connectivity index (χ3n) is 2.66. The van der Waals surface area contributed by atoms with Crippen LogP contribution in [-0.2, 0) is 0 Å². The van der Waals surface area contributed by atoms with E-state index in [1.54, 1.807) is 17.8 Å². The van der Waals surface area contributed by atoms with Crippen molar-refractivity contribution in [3.8, 4) is 17.2 Å². The Morgan fingerprint density at radius 3 is 2.24 bits per heavy atom. The number of amides is 2. The minimum Gasteiger partial charge on any atom is -0.504 e. The van der Waals surface area contributed by atoms with E-state index in [1.165, 1.54) is 0 Å². The monoisotopic (exact) mass is 306 g/mol. The minimum atomic E-state index is -0.631. The predicted octanol–water partition coefficient (Wildman–Crippen LogP) is 3.17. The third kappa shape index (κ3) is 3.73. The summed E-state index contributed by atoms with van der Waals surface area (Å²) < 4.78 is 0. The number of phenolic OH excluding ortho intramolecular Hbond substituents is 3. The van der Waals surface area contributed by atoms with Crippen LogP contribution in [0.2, 0.25) is 0 Å². The molecule has 110 valence electrons. The normalized spacial score (nSPS) is 10.1. The van der Waals surface area contributed by atoms with Crippen molar-refractivity contribution in [1.29, 1.82) is 0 Å². The van der Waals surface area contributed by atoms with Crippen molar-refractivity contribution in [3.63, 3.8) is 0 Å². The second kappa shape index (κ2) is 6.27. The Hall–Kier alpha value is -2.54. The maximum Gasteiger partial charge on any atom is 0.323 e. The van der Waals surface area contributed by atoms with Gasteiger partial charge in [-0.3, -0.25) is 0 Å². The quantitative estimate of drug-likeness (QED) is 0.340. The minimum absolute atomic E-state index is 0.154. The topological polar surface area (TPSA) is 102 Å². The molecule has 2 aromatic carbocycles. The molecule has 0 spiro atoms. The maximum absolute atomic E-state index is 11.8. The zero-order chi connectivity index (χ0) is 15.4. The van der Waals surface area contributed by atoms with Crippen molar-refractivity contribution in [3.05, 3.63) is 36.4 Å². The number of thioether (sulfide) groups is 1. The van der Waals surface area contributed by atoms with Crippen LogP contribution >= 0.6 is 11.8 Å². The fourth-order valence-electron chi connectivity index (χ4n) is 1.67. The summed E-state index contributed by atoms with van der Waals surface area (Å²) in [6.45, 7) is 0. The average Bonchev–Trinajstić information content (AvgIpc) is 2.44. The molecule has 0 aliphatic carbocycles. The Balaban J connectivity index is 2.08. The Bertz CT molecular complexity index is 653. The van der Waals surface area contributed by atoms with Gasteiger partial charge in [0.2, 0.25) is 0 Å². The summed E-state index contributed by atoms with van der Waals surface area (Å²) in [5.41, 5.74) is 0.771.